The molecule has 2 rings (SSSR count). The molecule has 1 atom stereocenters. The summed E-state index contributed by atoms with van der Waals surface area (Å²) in [6.45, 7) is -0.194. The zero-order valence-corrected chi connectivity index (χ0v) is 14.5. The molecule has 2 aromatic rings. The van der Waals surface area contributed by atoms with Gasteiger partial charge < -0.3 is 10.4 Å². The topological polar surface area (TPSA) is 49.3 Å². The number of carbonyl (C=O) groups excluding carboxylic acids is 1. The fourth-order valence-corrected chi connectivity index (χ4v) is 2.93. The van der Waals surface area contributed by atoms with Gasteiger partial charge in [0, 0.05) is 8.59 Å². The van der Waals surface area contributed by atoms with Gasteiger partial charge in [0.1, 0.15) is 0 Å². The Balaban J connectivity index is 2.25. The molecule has 0 radical (unpaired) electrons. The van der Waals surface area contributed by atoms with E-state index in [0.29, 0.717) is 19.2 Å². The minimum absolute atomic E-state index is 0.194. The van der Waals surface area contributed by atoms with Gasteiger partial charge in [0.15, 0.2) is 0 Å². The van der Waals surface area contributed by atoms with Gasteiger partial charge in [-0.15, -0.1) is 0 Å². The second-order valence-electron chi connectivity index (χ2n) is 4.37. The number of hydrogen-bond acceptors (Lipinski definition) is 2. The molecule has 0 spiro atoms. The van der Waals surface area contributed by atoms with Crippen LogP contribution in [0, 0.1) is 3.57 Å². The third-order valence-corrected chi connectivity index (χ3v) is 4.92. The molecule has 0 unspecified atom stereocenters. The maximum Gasteiger partial charge on any atom is 0.253 e. The van der Waals surface area contributed by atoms with Crippen LogP contribution in [0.15, 0.2) is 42.5 Å². The first kappa shape index (κ1) is 16.5. The lowest BCUT2D eigenvalue weighted by atomic mass is 10.1. The number of nitrogens with one attached hydrogen (secondary N) is 1. The molecular formula is C15H12Cl2INO2. The van der Waals surface area contributed by atoms with Crippen LogP contribution in [0.1, 0.15) is 22.0 Å². The van der Waals surface area contributed by atoms with E-state index >= 15 is 0 Å². The third kappa shape index (κ3) is 4.10. The molecule has 0 saturated heterocycles. The van der Waals surface area contributed by atoms with E-state index in [0.717, 1.165) is 5.56 Å². The molecule has 2 aromatic carbocycles. The first-order valence-corrected chi connectivity index (χ1v) is 7.97. The highest BCUT2D eigenvalue weighted by atomic mass is 127. The van der Waals surface area contributed by atoms with Crippen molar-refractivity contribution in [3.8, 4) is 0 Å². The van der Waals surface area contributed by atoms with Crippen molar-refractivity contribution < 1.29 is 9.90 Å². The Morgan fingerprint density at radius 3 is 2.52 bits per heavy atom. The molecule has 0 aliphatic heterocycles. The highest BCUT2D eigenvalue weighted by Gasteiger charge is 2.18. The predicted octanol–water partition coefficient (Wildman–Crippen LogP) is 4.06. The average Bonchev–Trinajstić information content (AvgIpc) is 2.49. The number of aliphatic hydroxyl groups is 1. The molecule has 110 valence electrons. The second kappa shape index (κ2) is 7.45. The van der Waals surface area contributed by atoms with Crippen molar-refractivity contribution in [2.24, 2.45) is 0 Å². The lowest BCUT2D eigenvalue weighted by Crippen LogP contribution is -2.31. The van der Waals surface area contributed by atoms with E-state index in [9.17, 15) is 9.90 Å². The molecule has 0 heterocycles. The summed E-state index contributed by atoms with van der Waals surface area (Å²) < 4.78 is 0.626. The molecule has 0 aliphatic carbocycles. The van der Waals surface area contributed by atoms with Crippen molar-refractivity contribution in [2.75, 3.05) is 6.61 Å². The van der Waals surface area contributed by atoms with Gasteiger partial charge in [-0.2, -0.15) is 0 Å². The highest BCUT2D eigenvalue weighted by Crippen LogP contribution is 2.27. The van der Waals surface area contributed by atoms with E-state index in [2.05, 4.69) is 5.32 Å². The summed E-state index contributed by atoms with van der Waals surface area (Å²) >= 11 is 14.0. The molecule has 2 N–H and O–H groups in total. The van der Waals surface area contributed by atoms with Crippen molar-refractivity contribution >= 4 is 51.7 Å². The molecule has 21 heavy (non-hydrogen) atoms. The van der Waals surface area contributed by atoms with E-state index < -0.39 is 6.04 Å². The number of benzene rings is 2. The molecule has 1 amide bonds. The van der Waals surface area contributed by atoms with Crippen LogP contribution in [0.2, 0.25) is 10.0 Å². The van der Waals surface area contributed by atoms with E-state index in [1.807, 2.05) is 52.9 Å². The summed E-state index contributed by atoms with van der Waals surface area (Å²) in [5, 5.41) is 13.1. The molecule has 0 fully saturated rings. The summed E-state index contributed by atoms with van der Waals surface area (Å²) in [5.41, 5.74) is 1.22. The first-order chi connectivity index (χ1) is 10.0. The largest absolute Gasteiger partial charge is 0.394 e. The lowest BCUT2D eigenvalue weighted by Gasteiger charge is -2.17. The van der Waals surface area contributed by atoms with Crippen LogP contribution in [0.25, 0.3) is 0 Å². The monoisotopic (exact) mass is 435 g/mol. The van der Waals surface area contributed by atoms with Gasteiger partial charge >= 0.3 is 0 Å². The fraction of sp³-hybridized carbons (Fsp3) is 0.133. The van der Waals surface area contributed by atoms with E-state index in [1.165, 1.54) is 0 Å². The zero-order chi connectivity index (χ0) is 15.4. The number of halogens is 3. The Bertz CT molecular complexity index is 650. The van der Waals surface area contributed by atoms with E-state index in [1.54, 1.807) is 12.1 Å². The van der Waals surface area contributed by atoms with Gasteiger partial charge in [0.05, 0.1) is 23.2 Å². The molecule has 0 bridgehead atoms. The van der Waals surface area contributed by atoms with Crippen molar-refractivity contribution in [1.29, 1.82) is 0 Å². The van der Waals surface area contributed by atoms with Crippen LogP contribution in [0.4, 0.5) is 0 Å². The maximum atomic E-state index is 12.4. The summed E-state index contributed by atoms with van der Waals surface area (Å²) in [7, 11) is 0. The van der Waals surface area contributed by atoms with Crippen LogP contribution >= 0.6 is 45.8 Å². The van der Waals surface area contributed by atoms with Crippen LogP contribution in [-0.2, 0) is 0 Å². The number of carbonyl (C=O) groups is 1. The minimum atomic E-state index is -0.479. The minimum Gasteiger partial charge on any atom is -0.394 e. The van der Waals surface area contributed by atoms with Gasteiger partial charge in [-0.05, 0) is 40.3 Å². The van der Waals surface area contributed by atoms with Crippen LogP contribution < -0.4 is 5.32 Å². The Morgan fingerprint density at radius 2 is 1.90 bits per heavy atom. The molecular weight excluding hydrogens is 424 g/mol. The van der Waals surface area contributed by atoms with Crippen molar-refractivity contribution in [3.63, 3.8) is 0 Å². The smallest absolute Gasteiger partial charge is 0.253 e. The maximum absolute atomic E-state index is 12.4. The number of aliphatic hydroxyl groups excluding tert-OH is 1. The fourth-order valence-electron chi connectivity index (χ4n) is 1.88. The number of hydrogen-bond donors (Lipinski definition) is 2. The Hall–Kier alpha value is -0.820. The Labute approximate surface area is 146 Å². The summed E-state index contributed by atoms with van der Waals surface area (Å²) in [4.78, 5) is 12.4. The lowest BCUT2D eigenvalue weighted by molar-refractivity contribution is 0.0915. The predicted molar refractivity (Wildman–Crippen MR) is 92.9 cm³/mol. The first-order valence-electron chi connectivity index (χ1n) is 6.14. The van der Waals surface area contributed by atoms with E-state index in [-0.39, 0.29) is 12.5 Å². The third-order valence-electron chi connectivity index (χ3n) is 2.93. The SMILES string of the molecule is O=C(N[C@@H](CO)c1ccccc1)c1cc(Cl)cc(Cl)c1I. The van der Waals surface area contributed by atoms with Gasteiger partial charge in [-0.3, -0.25) is 4.79 Å². The Morgan fingerprint density at radius 1 is 1.24 bits per heavy atom. The standard InChI is InChI=1S/C15H12Cl2INO2/c16-10-6-11(14(18)12(17)7-10)15(21)19-13(8-20)9-4-2-1-3-5-9/h1-7,13,20H,8H2,(H,19,21)/t13-/m0/s1. The summed E-state index contributed by atoms with van der Waals surface area (Å²) in [5.74, 6) is -0.327. The van der Waals surface area contributed by atoms with Gasteiger partial charge in [0.25, 0.3) is 5.91 Å². The summed E-state index contributed by atoms with van der Waals surface area (Å²) in [6, 6.07) is 11.9. The summed E-state index contributed by atoms with van der Waals surface area (Å²) in [6.07, 6.45) is 0. The Kier molecular flexibility index (Phi) is 5.87. The van der Waals surface area contributed by atoms with Crippen molar-refractivity contribution in [2.45, 2.75) is 6.04 Å². The van der Waals surface area contributed by atoms with Gasteiger partial charge in [-0.1, -0.05) is 53.5 Å². The molecule has 6 heteroatoms. The van der Waals surface area contributed by atoms with Crippen LogP contribution in [-0.4, -0.2) is 17.6 Å². The van der Waals surface area contributed by atoms with Crippen LogP contribution in [0.3, 0.4) is 0 Å². The molecule has 3 nitrogen and oxygen atoms in total. The highest BCUT2D eigenvalue weighted by molar-refractivity contribution is 14.1. The van der Waals surface area contributed by atoms with Crippen LogP contribution in [0.5, 0.6) is 0 Å². The number of amides is 1. The van der Waals surface area contributed by atoms with Gasteiger partial charge in [-0.25, -0.2) is 0 Å². The van der Waals surface area contributed by atoms with Gasteiger partial charge in [0.2, 0.25) is 0 Å². The molecule has 0 saturated carbocycles. The molecule has 0 aliphatic rings. The van der Waals surface area contributed by atoms with E-state index in [4.69, 9.17) is 23.2 Å². The van der Waals surface area contributed by atoms with Crippen molar-refractivity contribution in [1.82, 2.24) is 5.32 Å². The quantitative estimate of drug-likeness (QED) is 0.562. The number of rotatable bonds is 4. The average molecular weight is 436 g/mol. The van der Waals surface area contributed by atoms with Crippen molar-refractivity contribution in [3.05, 3.63) is 67.2 Å². The normalized spacial score (nSPS) is 12.0. The zero-order valence-electron chi connectivity index (χ0n) is 10.8. The second-order valence-corrected chi connectivity index (χ2v) is 6.29. The molecule has 0 aromatic heterocycles.